The zero-order valence-corrected chi connectivity index (χ0v) is 19.3. The Balaban J connectivity index is 1.90. The number of hydrogen-bond acceptors (Lipinski definition) is 1. The minimum Gasteiger partial charge on any atom is -0.256 e. The third-order valence-electron chi connectivity index (χ3n) is 5.86. The lowest BCUT2D eigenvalue weighted by Gasteiger charge is -2.25. The fraction of sp³-hybridized carbons (Fsp3) is 0. The number of nitrogens with zero attached hydrogens (tertiary/aromatic N) is 1. The molecule has 5 rings (SSSR count). The summed E-state index contributed by atoms with van der Waals surface area (Å²) >= 11 is 0. The van der Waals surface area contributed by atoms with Crippen LogP contribution in [0, 0.1) is 0 Å². The van der Waals surface area contributed by atoms with Crippen molar-refractivity contribution < 1.29 is 0 Å². The molecule has 0 aliphatic carbocycles. The van der Waals surface area contributed by atoms with Gasteiger partial charge in [0, 0.05) is 17.1 Å². The number of pyridine rings is 1. The van der Waals surface area contributed by atoms with Crippen molar-refractivity contribution in [3.05, 3.63) is 134 Å². The molecular weight excluding hydrogens is 417 g/mol. The van der Waals surface area contributed by atoms with Gasteiger partial charge in [0.05, 0.1) is 5.69 Å². The number of fused-ring (bicyclic) bond motifs is 1. The Bertz CT molecular complexity index is 1390. The average molecular weight is 442 g/mol. The van der Waals surface area contributed by atoms with Crippen LogP contribution in [0.5, 0.6) is 0 Å². The van der Waals surface area contributed by atoms with Gasteiger partial charge in [0.2, 0.25) is 0 Å². The summed E-state index contributed by atoms with van der Waals surface area (Å²) in [5.41, 5.74) is 4.26. The van der Waals surface area contributed by atoms with Crippen LogP contribution in [0.2, 0.25) is 0 Å². The van der Waals surface area contributed by atoms with E-state index in [-0.39, 0.29) is 0 Å². The maximum atomic E-state index is 4.92. The second-order valence-electron chi connectivity index (χ2n) is 7.76. The molecule has 0 unspecified atom stereocenters. The molecule has 0 spiro atoms. The highest BCUT2D eigenvalue weighted by molar-refractivity contribution is 7.80. The van der Waals surface area contributed by atoms with Crippen molar-refractivity contribution in [1.29, 1.82) is 0 Å². The summed E-state index contributed by atoms with van der Waals surface area (Å²) in [6.45, 7) is 8.25. The first-order valence-electron chi connectivity index (χ1n) is 11.0. The molecule has 0 N–H and O–H groups in total. The zero-order chi connectivity index (χ0) is 22.6. The fourth-order valence-corrected chi connectivity index (χ4v) is 6.83. The molecule has 2 heteroatoms. The van der Waals surface area contributed by atoms with Crippen LogP contribution in [-0.4, -0.2) is 4.98 Å². The van der Waals surface area contributed by atoms with Crippen molar-refractivity contribution in [2.45, 2.75) is 0 Å². The van der Waals surface area contributed by atoms with E-state index in [9.17, 15) is 0 Å². The topological polar surface area (TPSA) is 12.9 Å². The van der Waals surface area contributed by atoms with Crippen molar-refractivity contribution in [2.24, 2.45) is 0 Å². The molecule has 1 heterocycles. The van der Waals surface area contributed by atoms with E-state index in [1.54, 1.807) is 0 Å². The van der Waals surface area contributed by atoms with E-state index in [0.717, 1.165) is 27.8 Å². The van der Waals surface area contributed by atoms with Gasteiger partial charge in [0.25, 0.3) is 0 Å². The quantitative estimate of drug-likeness (QED) is 0.260. The first kappa shape index (κ1) is 21.1. The molecule has 0 amide bonds. The zero-order valence-electron chi connectivity index (χ0n) is 18.4. The predicted octanol–water partition coefficient (Wildman–Crippen LogP) is 6.95. The molecule has 1 nitrogen and oxygen atoms in total. The SMILES string of the molecule is C=Cc1ccc(P(c2ccccc2)c2ccccc2)c(-c2nccc3ccccc23)c1C=C. The number of aromatic nitrogens is 1. The molecule has 0 saturated heterocycles. The van der Waals surface area contributed by atoms with Crippen LogP contribution >= 0.6 is 7.92 Å². The summed E-state index contributed by atoms with van der Waals surface area (Å²) in [5.74, 6) is 0. The monoisotopic (exact) mass is 441 g/mol. The van der Waals surface area contributed by atoms with Gasteiger partial charge in [-0.25, -0.2) is 0 Å². The van der Waals surface area contributed by atoms with Crippen LogP contribution in [0.4, 0.5) is 0 Å². The van der Waals surface area contributed by atoms with E-state index in [0.29, 0.717) is 0 Å². The molecule has 0 atom stereocenters. The van der Waals surface area contributed by atoms with E-state index < -0.39 is 7.92 Å². The van der Waals surface area contributed by atoms with Gasteiger partial charge in [-0.3, -0.25) is 4.98 Å². The largest absolute Gasteiger partial charge is 0.256 e. The van der Waals surface area contributed by atoms with E-state index in [1.807, 2.05) is 18.3 Å². The lowest BCUT2D eigenvalue weighted by molar-refractivity contribution is 1.36. The van der Waals surface area contributed by atoms with Gasteiger partial charge in [-0.15, -0.1) is 0 Å². The molecule has 158 valence electrons. The van der Waals surface area contributed by atoms with Crippen LogP contribution in [-0.2, 0) is 0 Å². The van der Waals surface area contributed by atoms with Crippen LogP contribution in [0.3, 0.4) is 0 Å². The van der Waals surface area contributed by atoms with Gasteiger partial charge < -0.3 is 0 Å². The van der Waals surface area contributed by atoms with E-state index >= 15 is 0 Å². The van der Waals surface area contributed by atoms with E-state index in [2.05, 4.69) is 116 Å². The number of rotatable bonds is 6. The molecule has 33 heavy (non-hydrogen) atoms. The van der Waals surface area contributed by atoms with Crippen molar-refractivity contribution in [3.8, 4) is 11.3 Å². The fourth-order valence-electron chi connectivity index (χ4n) is 4.36. The van der Waals surface area contributed by atoms with Gasteiger partial charge in [0.15, 0.2) is 0 Å². The Hall–Kier alpha value is -3.80. The molecule has 0 aliphatic heterocycles. The lowest BCUT2D eigenvalue weighted by atomic mass is 9.95. The third kappa shape index (κ3) is 3.93. The van der Waals surface area contributed by atoms with Crippen molar-refractivity contribution >= 4 is 46.8 Å². The van der Waals surface area contributed by atoms with Crippen LogP contribution < -0.4 is 15.9 Å². The molecule has 4 aromatic carbocycles. The van der Waals surface area contributed by atoms with Crippen molar-refractivity contribution in [2.75, 3.05) is 0 Å². The van der Waals surface area contributed by atoms with Crippen LogP contribution in [0.15, 0.2) is 122 Å². The van der Waals surface area contributed by atoms with Gasteiger partial charge >= 0.3 is 0 Å². The Morgan fingerprint density at radius 2 is 1.27 bits per heavy atom. The van der Waals surface area contributed by atoms with Gasteiger partial charge in [-0.2, -0.15) is 0 Å². The Labute approximate surface area is 196 Å². The minimum absolute atomic E-state index is 0.807. The number of benzene rings is 4. The first-order valence-corrected chi connectivity index (χ1v) is 12.3. The number of hydrogen-bond donors (Lipinski definition) is 0. The maximum absolute atomic E-state index is 4.92. The maximum Gasteiger partial charge on any atom is 0.0793 e. The third-order valence-corrected chi connectivity index (χ3v) is 8.34. The summed E-state index contributed by atoms with van der Waals surface area (Å²) in [5, 5.41) is 6.20. The van der Waals surface area contributed by atoms with Gasteiger partial charge in [0.1, 0.15) is 0 Å². The highest BCUT2D eigenvalue weighted by Gasteiger charge is 2.24. The molecule has 0 bridgehead atoms. The van der Waals surface area contributed by atoms with E-state index in [4.69, 9.17) is 4.98 Å². The van der Waals surface area contributed by atoms with Gasteiger partial charge in [-0.05, 0) is 46.4 Å². The van der Waals surface area contributed by atoms with Crippen molar-refractivity contribution in [3.63, 3.8) is 0 Å². The molecule has 1 aromatic heterocycles. The molecular formula is C31H24NP. The molecule has 0 fully saturated rings. The summed E-state index contributed by atoms with van der Waals surface area (Å²) in [6.07, 6.45) is 5.76. The minimum atomic E-state index is -0.807. The summed E-state index contributed by atoms with van der Waals surface area (Å²) in [7, 11) is -0.807. The smallest absolute Gasteiger partial charge is 0.0793 e. The van der Waals surface area contributed by atoms with Gasteiger partial charge in [-0.1, -0.05) is 122 Å². The second-order valence-corrected chi connectivity index (χ2v) is 9.94. The molecule has 5 aromatic rings. The highest BCUT2D eigenvalue weighted by Crippen LogP contribution is 2.41. The van der Waals surface area contributed by atoms with Crippen LogP contribution in [0.25, 0.3) is 34.2 Å². The first-order chi connectivity index (χ1) is 16.3. The summed E-state index contributed by atoms with van der Waals surface area (Å²) < 4.78 is 0. The highest BCUT2D eigenvalue weighted by atomic mass is 31.1. The van der Waals surface area contributed by atoms with Crippen LogP contribution in [0.1, 0.15) is 11.1 Å². The molecule has 0 saturated carbocycles. The summed E-state index contributed by atoms with van der Waals surface area (Å²) in [6, 6.07) is 36.5. The summed E-state index contributed by atoms with van der Waals surface area (Å²) in [4.78, 5) is 4.92. The van der Waals surface area contributed by atoms with Crippen molar-refractivity contribution in [1.82, 2.24) is 4.98 Å². The second kappa shape index (κ2) is 9.36. The Morgan fingerprint density at radius 1 is 0.636 bits per heavy atom. The average Bonchev–Trinajstić information content (AvgIpc) is 2.89. The Kier molecular flexibility index (Phi) is 5.98. The molecule has 0 radical (unpaired) electrons. The Morgan fingerprint density at radius 3 is 1.91 bits per heavy atom. The molecule has 0 aliphatic rings. The lowest BCUT2D eigenvalue weighted by Crippen LogP contribution is -2.23. The normalized spacial score (nSPS) is 10.9. The predicted molar refractivity (Wildman–Crippen MR) is 146 cm³/mol. The van der Waals surface area contributed by atoms with E-state index in [1.165, 1.54) is 21.3 Å². The standard InChI is InChI=1S/C31H24NP/c1-3-23-19-20-29(33(25-14-7-5-8-15-25)26-16-9-6-10-17-26)30(27(23)4-2)31-28-18-12-11-13-24(28)21-22-32-31/h3-22H,1-2H2.